The van der Waals surface area contributed by atoms with Gasteiger partial charge < -0.3 is 4.74 Å². The Kier molecular flexibility index (Phi) is 5.47. The number of rotatable bonds is 5. The first-order valence-corrected chi connectivity index (χ1v) is 12.6. The maximum absolute atomic E-state index is 13.9. The molecular formula is C24H26N4O2S2. The Balaban J connectivity index is 1.83. The average Bonchev–Trinajstić information content (AvgIpc) is 3.34. The lowest BCUT2D eigenvalue weighted by Crippen LogP contribution is -2.28. The highest BCUT2D eigenvalue weighted by Gasteiger charge is 2.30. The summed E-state index contributed by atoms with van der Waals surface area (Å²) in [5, 5.41) is 10.5. The van der Waals surface area contributed by atoms with Gasteiger partial charge in [-0.15, -0.1) is 21.5 Å². The lowest BCUT2D eigenvalue weighted by molar-refractivity contribution is 0.00200. The topological polar surface area (TPSA) is 61.4 Å². The third kappa shape index (κ3) is 3.50. The standard InChI is InChI=1S/C24H26N4O2S2/c1-13(2)12-31-24-26-25-23-27(16-8-6-15(5)7-9-16)21(29)20-17-10-18(14(3)4)30-11-19(17)32-22(20)28(23)24/h6-9,14,18H,1,10-12H2,2-5H3. The lowest BCUT2D eigenvalue weighted by atomic mass is 9.96. The second-order valence-corrected chi connectivity index (χ2v) is 10.8. The smallest absolute Gasteiger partial charge is 0.268 e. The molecule has 0 radical (unpaired) electrons. The molecule has 1 aliphatic heterocycles. The summed E-state index contributed by atoms with van der Waals surface area (Å²) >= 11 is 3.22. The van der Waals surface area contributed by atoms with Crippen molar-refractivity contribution in [1.82, 2.24) is 19.2 Å². The Hall–Kier alpha value is -2.42. The highest BCUT2D eigenvalue weighted by molar-refractivity contribution is 7.99. The molecule has 1 aromatic carbocycles. The van der Waals surface area contributed by atoms with Crippen LogP contribution in [0.15, 0.2) is 46.4 Å². The Labute approximate surface area is 194 Å². The zero-order valence-corrected chi connectivity index (χ0v) is 20.3. The molecule has 0 aliphatic carbocycles. The highest BCUT2D eigenvalue weighted by atomic mass is 32.2. The van der Waals surface area contributed by atoms with Gasteiger partial charge in [-0.2, -0.15) is 0 Å². The summed E-state index contributed by atoms with van der Waals surface area (Å²) in [7, 11) is 0. The molecule has 1 unspecified atom stereocenters. The molecule has 4 heterocycles. The third-order valence-corrected chi connectivity index (χ3v) is 8.18. The molecule has 0 saturated carbocycles. The fourth-order valence-corrected chi connectivity index (χ4v) is 6.15. The fraction of sp³-hybridized carbons (Fsp3) is 0.375. The lowest BCUT2D eigenvalue weighted by Gasteiger charge is -2.26. The van der Waals surface area contributed by atoms with E-state index >= 15 is 0 Å². The molecule has 0 saturated heterocycles. The van der Waals surface area contributed by atoms with Crippen LogP contribution in [-0.4, -0.2) is 31.0 Å². The molecule has 166 valence electrons. The van der Waals surface area contributed by atoms with Crippen LogP contribution >= 0.6 is 23.1 Å². The molecule has 4 aromatic rings. The number of benzene rings is 1. The Bertz CT molecular complexity index is 1400. The van der Waals surface area contributed by atoms with E-state index in [1.807, 2.05) is 42.5 Å². The molecule has 0 spiro atoms. The van der Waals surface area contributed by atoms with Crippen LogP contribution in [0.4, 0.5) is 0 Å². The van der Waals surface area contributed by atoms with Crippen LogP contribution in [0.1, 0.15) is 36.8 Å². The van der Waals surface area contributed by atoms with Gasteiger partial charge in [-0.25, -0.2) is 8.97 Å². The largest absolute Gasteiger partial charge is 0.372 e. The van der Waals surface area contributed by atoms with Crippen molar-refractivity contribution in [2.24, 2.45) is 5.92 Å². The zero-order chi connectivity index (χ0) is 22.6. The van der Waals surface area contributed by atoms with Gasteiger partial charge in [0.15, 0.2) is 5.16 Å². The second kappa shape index (κ2) is 8.17. The van der Waals surface area contributed by atoms with Crippen molar-refractivity contribution in [2.45, 2.75) is 52.0 Å². The predicted molar refractivity (Wildman–Crippen MR) is 131 cm³/mol. The number of aryl methyl sites for hydroxylation is 1. The summed E-state index contributed by atoms with van der Waals surface area (Å²) in [4.78, 5) is 16.0. The van der Waals surface area contributed by atoms with Crippen LogP contribution in [0, 0.1) is 12.8 Å². The number of ether oxygens (including phenoxy) is 1. The summed E-state index contributed by atoms with van der Waals surface area (Å²) in [5.41, 5.74) is 4.08. The van der Waals surface area contributed by atoms with E-state index in [2.05, 4.69) is 30.6 Å². The second-order valence-electron chi connectivity index (χ2n) is 8.82. The first-order valence-electron chi connectivity index (χ1n) is 10.8. The van der Waals surface area contributed by atoms with Gasteiger partial charge in [0.25, 0.3) is 5.56 Å². The molecule has 3 aromatic heterocycles. The van der Waals surface area contributed by atoms with Crippen molar-refractivity contribution in [3.8, 4) is 5.69 Å². The minimum Gasteiger partial charge on any atom is -0.372 e. The molecule has 0 amide bonds. The number of aromatic nitrogens is 4. The monoisotopic (exact) mass is 466 g/mol. The van der Waals surface area contributed by atoms with E-state index in [4.69, 9.17) is 4.74 Å². The van der Waals surface area contributed by atoms with E-state index in [1.165, 1.54) is 0 Å². The van der Waals surface area contributed by atoms with Gasteiger partial charge in [-0.1, -0.05) is 55.5 Å². The first kappa shape index (κ1) is 21.4. The maximum Gasteiger partial charge on any atom is 0.268 e. The van der Waals surface area contributed by atoms with Gasteiger partial charge in [0, 0.05) is 17.1 Å². The van der Waals surface area contributed by atoms with Gasteiger partial charge in [0.1, 0.15) is 4.83 Å². The third-order valence-electron chi connectivity index (χ3n) is 5.83. The maximum atomic E-state index is 13.9. The molecule has 32 heavy (non-hydrogen) atoms. The molecule has 0 fully saturated rings. The van der Waals surface area contributed by atoms with Gasteiger partial charge in [0.2, 0.25) is 5.78 Å². The normalized spacial score (nSPS) is 16.2. The minimum absolute atomic E-state index is 0.0397. The van der Waals surface area contributed by atoms with Gasteiger partial charge in [-0.3, -0.25) is 4.79 Å². The average molecular weight is 467 g/mol. The first-order chi connectivity index (χ1) is 15.3. The Morgan fingerprint density at radius 2 is 2.06 bits per heavy atom. The van der Waals surface area contributed by atoms with Crippen LogP contribution in [0.2, 0.25) is 0 Å². The van der Waals surface area contributed by atoms with Crippen molar-refractivity contribution in [3.63, 3.8) is 0 Å². The fourth-order valence-electron chi connectivity index (χ4n) is 4.07. The molecule has 1 atom stereocenters. The van der Waals surface area contributed by atoms with E-state index in [1.54, 1.807) is 27.7 Å². The number of thiophene rings is 1. The minimum atomic E-state index is -0.0397. The molecule has 8 heteroatoms. The molecule has 1 aliphatic rings. The van der Waals surface area contributed by atoms with Crippen LogP contribution in [0.5, 0.6) is 0 Å². The summed E-state index contributed by atoms with van der Waals surface area (Å²) in [6.45, 7) is 12.9. The van der Waals surface area contributed by atoms with E-state index in [9.17, 15) is 4.79 Å². The SMILES string of the molecule is C=C(C)CSc1nnc2n(-c3ccc(C)cc3)c(=O)c3c4c(sc3n12)COC(C(C)C)C4. The summed E-state index contributed by atoms with van der Waals surface area (Å²) in [6, 6.07) is 7.97. The molecule has 5 rings (SSSR count). The van der Waals surface area contributed by atoms with Crippen molar-refractivity contribution in [2.75, 3.05) is 5.75 Å². The number of hydrogen-bond acceptors (Lipinski definition) is 6. The highest BCUT2D eigenvalue weighted by Crippen LogP contribution is 2.37. The van der Waals surface area contributed by atoms with Crippen molar-refractivity contribution in [3.05, 3.63) is 62.8 Å². The molecule has 0 N–H and O–H groups in total. The number of thioether (sulfide) groups is 1. The van der Waals surface area contributed by atoms with Gasteiger partial charge >= 0.3 is 0 Å². The predicted octanol–water partition coefficient (Wildman–Crippen LogP) is 5.17. The quantitative estimate of drug-likeness (QED) is 0.300. The van der Waals surface area contributed by atoms with Crippen LogP contribution < -0.4 is 5.56 Å². The summed E-state index contributed by atoms with van der Waals surface area (Å²) < 4.78 is 9.85. The molecular weight excluding hydrogens is 440 g/mol. The Morgan fingerprint density at radius 1 is 1.31 bits per heavy atom. The van der Waals surface area contributed by atoms with Crippen molar-refractivity contribution in [1.29, 1.82) is 0 Å². The summed E-state index contributed by atoms with van der Waals surface area (Å²) in [6.07, 6.45) is 0.860. The van der Waals surface area contributed by atoms with Crippen LogP contribution in [-0.2, 0) is 17.8 Å². The van der Waals surface area contributed by atoms with Crippen LogP contribution in [0.3, 0.4) is 0 Å². The molecule has 0 bridgehead atoms. The summed E-state index contributed by atoms with van der Waals surface area (Å²) in [5.74, 6) is 1.67. The van der Waals surface area contributed by atoms with Crippen molar-refractivity contribution < 1.29 is 4.74 Å². The number of hydrogen-bond donors (Lipinski definition) is 0. The van der Waals surface area contributed by atoms with Crippen LogP contribution in [0.25, 0.3) is 21.7 Å². The van der Waals surface area contributed by atoms with Gasteiger partial charge in [-0.05, 0) is 37.5 Å². The van der Waals surface area contributed by atoms with E-state index in [0.717, 1.165) is 54.8 Å². The number of nitrogens with zero attached hydrogens (tertiary/aromatic N) is 4. The van der Waals surface area contributed by atoms with Gasteiger partial charge in [0.05, 0.1) is 23.8 Å². The molecule has 6 nitrogen and oxygen atoms in total. The van der Waals surface area contributed by atoms with Crippen molar-refractivity contribution >= 4 is 39.1 Å². The number of fused-ring (bicyclic) bond motifs is 5. The van der Waals surface area contributed by atoms with E-state index in [-0.39, 0.29) is 11.7 Å². The zero-order valence-electron chi connectivity index (χ0n) is 18.7. The van der Waals surface area contributed by atoms with E-state index in [0.29, 0.717) is 18.3 Å². The van der Waals surface area contributed by atoms with E-state index < -0.39 is 0 Å². The Morgan fingerprint density at radius 3 is 2.75 bits per heavy atom.